The van der Waals surface area contributed by atoms with Crippen molar-refractivity contribution in [2.45, 2.75) is 45.0 Å². The van der Waals surface area contributed by atoms with E-state index in [1.54, 1.807) is 31.1 Å². The number of hydrogen-bond donors (Lipinski definition) is 1. The normalized spacial score (nSPS) is 11.6. The molecule has 0 saturated heterocycles. The van der Waals surface area contributed by atoms with Crippen molar-refractivity contribution in [3.63, 3.8) is 0 Å². The number of carbonyl (C=O) groups is 2. The van der Waals surface area contributed by atoms with Gasteiger partial charge in [-0.15, -0.1) is 11.8 Å². The standard InChI is InChI=1S/C24H31FN2O3S/c1-4-5-14-26-24(29)18(2)27(15-19-8-12-22(30-3)13-9-19)23(28)17-31-16-20-6-10-21(25)11-7-20/h6-13,18H,4-5,14-17H2,1-3H3,(H,26,29)/t18-/m1/s1. The Bertz CT molecular complexity index is 828. The Morgan fingerprint density at radius 1 is 1.10 bits per heavy atom. The molecule has 2 rings (SSSR count). The minimum Gasteiger partial charge on any atom is -0.497 e. The van der Waals surface area contributed by atoms with Crippen molar-refractivity contribution in [1.82, 2.24) is 10.2 Å². The van der Waals surface area contributed by atoms with Gasteiger partial charge in [-0.3, -0.25) is 9.59 Å². The molecule has 0 bridgehead atoms. The maximum Gasteiger partial charge on any atom is 0.242 e. The van der Waals surface area contributed by atoms with Gasteiger partial charge in [0.25, 0.3) is 0 Å². The Balaban J connectivity index is 2.03. The highest BCUT2D eigenvalue weighted by Crippen LogP contribution is 2.18. The van der Waals surface area contributed by atoms with E-state index in [-0.39, 0.29) is 23.4 Å². The molecule has 2 aromatic carbocycles. The molecule has 0 saturated carbocycles. The number of nitrogens with zero attached hydrogens (tertiary/aromatic N) is 1. The van der Waals surface area contributed by atoms with Gasteiger partial charge in [-0.05, 0) is 48.7 Å². The third-order valence-electron chi connectivity index (χ3n) is 4.92. The van der Waals surface area contributed by atoms with Crippen LogP contribution in [0.15, 0.2) is 48.5 Å². The van der Waals surface area contributed by atoms with Gasteiger partial charge in [0, 0.05) is 18.8 Å². The molecule has 7 heteroatoms. The van der Waals surface area contributed by atoms with Crippen LogP contribution >= 0.6 is 11.8 Å². The molecule has 0 aliphatic carbocycles. The molecule has 0 radical (unpaired) electrons. The summed E-state index contributed by atoms with van der Waals surface area (Å²) in [4.78, 5) is 27.3. The second kappa shape index (κ2) is 13.0. The molecule has 1 N–H and O–H groups in total. The largest absolute Gasteiger partial charge is 0.497 e. The molecular weight excluding hydrogens is 415 g/mol. The zero-order valence-corrected chi connectivity index (χ0v) is 19.2. The van der Waals surface area contributed by atoms with E-state index in [1.807, 2.05) is 24.3 Å². The number of amides is 2. The van der Waals surface area contributed by atoms with Gasteiger partial charge < -0.3 is 15.0 Å². The van der Waals surface area contributed by atoms with Crippen molar-refractivity contribution in [1.29, 1.82) is 0 Å². The van der Waals surface area contributed by atoms with Crippen molar-refractivity contribution >= 4 is 23.6 Å². The summed E-state index contributed by atoms with van der Waals surface area (Å²) in [5.41, 5.74) is 1.87. The van der Waals surface area contributed by atoms with E-state index >= 15 is 0 Å². The molecule has 168 valence electrons. The molecule has 0 aliphatic rings. The van der Waals surface area contributed by atoms with Gasteiger partial charge in [-0.1, -0.05) is 37.6 Å². The first-order chi connectivity index (χ1) is 14.9. The summed E-state index contributed by atoms with van der Waals surface area (Å²) in [7, 11) is 1.60. The van der Waals surface area contributed by atoms with E-state index in [4.69, 9.17) is 4.74 Å². The van der Waals surface area contributed by atoms with Crippen LogP contribution in [0.4, 0.5) is 4.39 Å². The van der Waals surface area contributed by atoms with Gasteiger partial charge in [-0.25, -0.2) is 4.39 Å². The Morgan fingerprint density at radius 3 is 2.35 bits per heavy atom. The SMILES string of the molecule is CCCCNC(=O)[C@@H](C)N(Cc1ccc(OC)cc1)C(=O)CSCc1ccc(F)cc1. The summed E-state index contributed by atoms with van der Waals surface area (Å²) >= 11 is 1.45. The maximum absolute atomic E-state index is 13.1. The van der Waals surface area contributed by atoms with Crippen LogP contribution < -0.4 is 10.1 Å². The van der Waals surface area contributed by atoms with E-state index in [9.17, 15) is 14.0 Å². The topological polar surface area (TPSA) is 58.6 Å². The van der Waals surface area contributed by atoms with Crippen LogP contribution in [0, 0.1) is 5.82 Å². The van der Waals surface area contributed by atoms with Gasteiger partial charge in [0.05, 0.1) is 12.9 Å². The van der Waals surface area contributed by atoms with E-state index in [1.165, 1.54) is 23.9 Å². The molecule has 31 heavy (non-hydrogen) atoms. The van der Waals surface area contributed by atoms with Gasteiger partial charge in [0.2, 0.25) is 11.8 Å². The monoisotopic (exact) mass is 446 g/mol. The van der Waals surface area contributed by atoms with Crippen LogP contribution in [0.25, 0.3) is 0 Å². The number of benzene rings is 2. The smallest absolute Gasteiger partial charge is 0.242 e. The number of halogens is 1. The lowest BCUT2D eigenvalue weighted by Crippen LogP contribution is -2.48. The lowest BCUT2D eigenvalue weighted by atomic mass is 10.1. The number of ether oxygens (including phenoxy) is 1. The van der Waals surface area contributed by atoms with Crippen LogP contribution in [-0.2, 0) is 21.9 Å². The fraction of sp³-hybridized carbons (Fsp3) is 0.417. The summed E-state index contributed by atoms with van der Waals surface area (Å²) in [6.07, 6.45) is 1.89. The van der Waals surface area contributed by atoms with Gasteiger partial charge in [0.1, 0.15) is 17.6 Å². The predicted molar refractivity (Wildman–Crippen MR) is 123 cm³/mol. The molecule has 2 aromatic rings. The minimum atomic E-state index is -0.585. The third kappa shape index (κ3) is 8.25. The van der Waals surface area contributed by atoms with Crippen LogP contribution in [0.1, 0.15) is 37.8 Å². The minimum absolute atomic E-state index is 0.110. The highest BCUT2D eigenvalue weighted by Gasteiger charge is 2.25. The average Bonchev–Trinajstić information content (AvgIpc) is 2.78. The average molecular weight is 447 g/mol. The van der Waals surface area contributed by atoms with Crippen LogP contribution in [0.5, 0.6) is 5.75 Å². The van der Waals surface area contributed by atoms with Gasteiger partial charge in [-0.2, -0.15) is 0 Å². The molecule has 0 aromatic heterocycles. The molecule has 5 nitrogen and oxygen atoms in total. The zero-order valence-electron chi connectivity index (χ0n) is 18.4. The summed E-state index contributed by atoms with van der Waals surface area (Å²) in [5, 5.41) is 2.91. The number of thioether (sulfide) groups is 1. The van der Waals surface area contributed by atoms with Crippen LogP contribution in [-0.4, -0.2) is 42.2 Å². The van der Waals surface area contributed by atoms with Gasteiger partial charge >= 0.3 is 0 Å². The van der Waals surface area contributed by atoms with Crippen molar-refractivity contribution in [3.05, 3.63) is 65.5 Å². The Hall–Kier alpha value is -2.54. The molecule has 1 atom stereocenters. The Morgan fingerprint density at radius 2 is 1.74 bits per heavy atom. The first kappa shape index (κ1) is 24.7. The first-order valence-electron chi connectivity index (χ1n) is 10.5. The number of methoxy groups -OCH3 is 1. The Kier molecular flexibility index (Phi) is 10.4. The number of nitrogens with one attached hydrogen (secondary N) is 1. The third-order valence-corrected chi connectivity index (χ3v) is 5.90. The van der Waals surface area contributed by atoms with E-state index in [2.05, 4.69) is 12.2 Å². The fourth-order valence-corrected chi connectivity index (χ4v) is 3.84. The molecule has 0 spiro atoms. The van der Waals surface area contributed by atoms with Crippen LogP contribution in [0.2, 0.25) is 0 Å². The number of hydrogen-bond acceptors (Lipinski definition) is 4. The second-order valence-corrected chi connectivity index (χ2v) is 8.30. The van der Waals surface area contributed by atoms with Crippen molar-refractivity contribution < 1.29 is 18.7 Å². The summed E-state index contributed by atoms with van der Waals surface area (Å²) in [6.45, 7) is 4.76. The molecule has 0 unspecified atom stereocenters. The zero-order chi connectivity index (χ0) is 22.6. The van der Waals surface area contributed by atoms with Gasteiger partial charge in [0.15, 0.2) is 0 Å². The summed E-state index contributed by atoms with van der Waals surface area (Å²) in [5.74, 6) is 1.03. The van der Waals surface area contributed by atoms with Crippen molar-refractivity contribution in [2.24, 2.45) is 0 Å². The Labute approximate surface area is 188 Å². The lowest BCUT2D eigenvalue weighted by Gasteiger charge is -2.29. The number of rotatable bonds is 12. The first-order valence-corrected chi connectivity index (χ1v) is 11.6. The predicted octanol–water partition coefficient (Wildman–Crippen LogP) is 4.40. The molecule has 0 aliphatic heterocycles. The molecular formula is C24H31FN2O3S. The van der Waals surface area contributed by atoms with Crippen molar-refractivity contribution in [2.75, 3.05) is 19.4 Å². The molecule has 0 heterocycles. The number of unbranched alkanes of at least 4 members (excludes halogenated alkanes) is 1. The maximum atomic E-state index is 13.1. The van der Waals surface area contributed by atoms with Crippen LogP contribution in [0.3, 0.4) is 0 Å². The number of carbonyl (C=O) groups excluding carboxylic acids is 2. The van der Waals surface area contributed by atoms with E-state index in [0.29, 0.717) is 18.8 Å². The molecule has 0 fully saturated rings. The highest BCUT2D eigenvalue weighted by atomic mass is 32.2. The lowest BCUT2D eigenvalue weighted by molar-refractivity contribution is -0.138. The van der Waals surface area contributed by atoms with Crippen molar-refractivity contribution in [3.8, 4) is 5.75 Å². The highest BCUT2D eigenvalue weighted by molar-refractivity contribution is 7.99. The summed E-state index contributed by atoms with van der Waals surface area (Å²) < 4.78 is 18.3. The fourth-order valence-electron chi connectivity index (χ4n) is 2.97. The molecule has 2 amide bonds. The van der Waals surface area contributed by atoms with E-state index < -0.39 is 6.04 Å². The van der Waals surface area contributed by atoms with E-state index in [0.717, 1.165) is 29.7 Å². The second-order valence-electron chi connectivity index (χ2n) is 7.31. The summed E-state index contributed by atoms with van der Waals surface area (Å²) in [6, 6.07) is 13.1. The quantitative estimate of drug-likeness (QED) is 0.491.